The van der Waals surface area contributed by atoms with Crippen molar-refractivity contribution in [2.45, 2.75) is 47.6 Å². The lowest BCUT2D eigenvalue weighted by atomic mass is 10.0. The summed E-state index contributed by atoms with van der Waals surface area (Å²) in [6.45, 7) is 9.64. The highest BCUT2D eigenvalue weighted by Gasteiger charge is 2.22. The second-order valence-corrected chi connectivity index (χ2v) is 8.38. The van der Waals surface area contributed by atoms with Gasteiger partial charge in [-0.05, 0) is 44.4 Å². The monoisotopic (exact) mass is 422 g/mol. The number of hydrogen-bond donors (Lipinski definition) is 0. The van der Waals surface area contributed by atoms with E-state index in [-0.39, 0.29) is 24.9 Å². The van der Waals surface area contributed by atoms with Gasteiger partial charge in [-0.1, -0.05) is 47.5 Å². The van der Waals surface area contributed by atoms with Crippen LogP contribution in [0.25, 0.3) is 0 Å². The molecule has 156 valence electrons. The molecule has 30 heavy (non-hydrogen) atoms. The van der Waals surface area contributed by atoms with Crippen molar-refractivity contribution in [3.8, 4) is 0 Å². The maximum absolute atomic E-state index is 12.4. The standard InChI is InChI=1S/C24H26N2O3S/c1-15-6-8-20(9-7-15)12-22(28)29-13-21-14-30-24(25-21)26(19(5)27)23-17(3)10-16(2)11-18(23)4/h6-11,14H,12-13H2,1-5H3. The van der Waals surface area contributed by atoms with Gasteiger partial charge in [-0.15, -0.1) is 11.3 Å². The van der Waals surface area contributed by atoms with Crippen molar-refractivity contribution in [2.75, 3.05) is 4.90 Å². The van der Waals surface area contributed by atoms with Crippen molar-refractivity contribution in [3.63, 3.8) is 0 Å². The van der Waals surface area contributed by atoms with Crippen LogP contribution in [0, 0.1) is 27.7 Å². The van der Waals surface area contributed by atoms with E-state index in [9.17, 15) is 9.59 Å². The van der Waals surface area contributed by atoms with Crippen molar-refractivity contribution in [3.05, 3.63) is 75.3 Å². The first-order chi connectivity index (χ1) is 14.2. The minimum absolute atomic E-state index is 0.0821. The Balaban J connectivity index is 1.72. The molecule has 0 N–H and O–H groups in total. The molecular formula is C24H26N2O3S. The molecular weight excluding hydrogens is 396 g/mol. The molecule has 1 aromatic heterocycles. The molecule has 1 amide bonds. The third-order valence-electron chi connectivity index (χ3n) is 4.75. The summed E-state index contributed by atoms with van der Waals surface area (Å²) in [5.41, 5.74) is 6.73. The van der Waals surface area contributed by atoms with Crippen LogP contribution >= 0.6 is 11.3 Å². The predicted molar refractivity (Wildman–Crippen MR) is 120 cm³/mol. The van der Waals surface area contributed by atoms with Gasteiger partial charge in [-0.25, -0.2) is 4.98 Å². The van der Waals surface area contributed by atoms with Crippen LogP contribution in [0.5, 0.6) is 0 Å². The van der Waals surface area contributed by atoms with E-state index >= 15 is 0 Å². The van der Waals surface area contributed by atoms with Gasteiger partial charge in [-0.2, -0.15) is 0 Å². The van der Waals surface area contributed by atoms with E-state index in [1.54, 1.807) is 4.90 Å². The van der Waals surface area contributed by atoms with E-state index in [4.69, 9.17) is 4.74 Å². The number of nitrogens with zero attached hydrogens (tertiary/aromatic N) is 2. The number of amides is 1. The summed E-state index contributed by atoms with van der Waals surface area (Å²) in [6, 6.07) is 11.9. The number of benzene rings is 2. The topological polar surface area (TPSA) is 59.5 Å². The van der Waals surface area contributed by atoms with E-state index in [1.807, 2.05) is 57.3 Å². The molecule has 0 saturated carbocycles. The minimum atomic E-state index is -0.304. The first-order valence-electron chi connectivity index (χ1n) is 9.78. The average molecular weight is 423 g/mol. The summed E-state index contributed by atoms with van der Waals surface area (Å²) in [7, 11) is 0. The normalized spacial score (nSPS) is 10.7. The second-order valence-electron chi connectivity index (χ2n) is 7.55. The highest BCUT2D eigenvalue weighted by molar-refractivity contribution is 7.14. The summed E-state index contributed by atoms with van der Waals surface area (Å²) in [5.74, 6) is -0.413. The van der Waals surface area contributed by atoms with Gasteiger partial charge >= 0.3 is 5.97 Å². The van der Waals surface area contributed by atoms with Gasteiger partial charge in [0.15, 0.2) is 5.13 Å². The Hall–Kier alpha value is -2.99. The SMILES string of the molecule is CC(=O)N(c1nc(COC(=O)Cc2ccc(C)cc2)cs1)c1c(C)cc(C)cc1C. The molecule has 0 unspecified atom stereocenters. The summed E-state index contributed by atoms with van der Waals surface area (Å²) >= 11 is 1.36. The molecule has 0 aliphatic rings. The fourth-order valence-electron chi connectivity index (χ4n) is 3.46. The second kappa shape index (κ2) is 9.22. The quantitative estimate of drug-likeness (QED) is 0.503. The number of thiazole rings is 1. The fraction of sp³-hybridized carbons (Fsp3) is 0.292. The number of carbonyl (C=O) groups is 2. The van der Waals surface area contributed by atoms with E-state index in [0.717, 1.165) is 33.5 Å². The fourth-order valence-corrected chi connectivity index (χ4v) is 4.31. The number of rotatable bonds is 6. The highest BCUT2D eigenvalue weighted by atomic mass is 32.1. The lowest BCUT2D eigenvalue weighted by Crippen LogP contribution is -2.24. The molecule has 5 nitrogen and oxygen atoms in total. The van der Waals surface area contributed by atoms with Crippen molar-refractivity contribution in [1.29, 1.82) is 0 Å². The third-order valence-corrected chi connectivity index (χ3v) is 5.63. The summed E-state index contributed by atoms with van der Waals surface area (Å²) < 4.78 is 5.39. The molecule has 0 aliphatic carbocycles. The number of aromatic nitrogens is 1. The molecule has 0 aliphatic heterocycles. The molecule has 0 spiro atoms. The van der Waals surface area contributed by atoms with Crippen LogP contribution < -0.4 is 4.90 Å². The zero-order valence-electron chi connectivity index (χ0n) is 18.0. The maximum Gasteiger partial charge on any atom is 0.310 e. The smallest absolute Gasteiger partial charge is 0.310 e. The van der Waals surface area contributed by atoms with Crippen molar-refractivity contribution < 1.29 is 14.3 Å². The number of ether oxygens (including phenoxy) is 1. The first kappa shape index (κ1) is 21.7. The Morgan fingerprint density at radius 2 is 1.63 bits per heavy atom. The van der Waals surface area contributed by atoms with Gasteiger partial charge in [0.25, 0.3) is 0 Å². The summed E-state index contributed by atoms with van der Waals surface area (Å²) in [4.78, 5) is 30.8. The Labute approximate surface area is 181 Å². The minimum Gasteiger partial charge on any atom is -0.459 e. The van der Waals surface area contributed by atoms with E-state index in [0.29, 0.717) is 10.8 Å². The largest absolute Gasteiger partial charge is 0.459 e. The molecule has 0 bridgehead atoms. The Morgan fingerprint density at radius 3 is 2.23 bits per heavy atom. The molecule has 1 heterocycles. The molecule has 0 radical (unpaired) electrons. The van der Waals surface area contributed by atoms with E-state index in [1.165, 1.54) is 18.3 Å². The van der Waals surface area contributed by atoms with Gasteiger partial charge in [0.2, 0.25) is 5.91 Å². The zero-order chi connectivity index (χ0) is 21.8. The zero-order valence-corrected chi connectivity index (χ0v) is 18.8. The number of anilines is 2. The molecule has 3 aromatic rings. The molecule has 2 aromatic carbocycles. The van der Waals surface area contributed by atoms with Crippen molar-refractivity contribution >= 4 is 34.0 Å². The lowest BCUT2D eigenvalue weighted by molar-refractivity contribution is -0.144. The van der Waals surface area contributed by atoms with Crippen LogP contribution in [-0.2, 0) is 27.4 Å². The maximum atomic E-state index is 12.4. The van der Waals surface area contributed by atoms with Crippen LogP contribution in [0.4, 0.5) is 10.8 Å². The Bertz CT molecular complexity index is 1050. The first-order valence-corrected chi connectivity index (χ1v) is 10.7. The van der Waals surface area contributed by atoms with Crippen LogP contribution in [0.15, 0.2) is 41.8 Å². The van der Waals surface area contributed by atoms with Crippen LogP contribution in [0.3, 0.4) is 0 Å². The van der Waals surface area contributed by atoms with Gasteiger partial charge in [0, 0.05) is 12.3 Å². The number of hydrogen-bond acceptors (Lipinski definition) is 5. The summed E-state index contributed by atoms with van der Waals surface area (Å²) in [6.07, 6.45) is 0.221. The Morgan fingerprint density at radius 1 is 1.00 bits per heavy atom. The molecule has 6 heteroatoms. The van der Waals surface area contributed by atoms with Crippen LogP contribution in [-0.4, -0.2) is 16.9 Å². The third kappa shape index (κ3) is 5.13. The van der Waals surface area contributed by atoms with E-state index < -0.39 is 0 Å². The van der Waals surface area contributed by atoms with Gasteiger partial charge < -0.3 is 4.74 Å². The summed E-state index contributed by atoms with van der Waals surface area (Å²) in [5, 5.41) is 2.39. The predicted octanol–water partition coefficient (Wildman–Crippen LogP) is 5.35. The van der Waals surface area contributed by atoms with Crippen LogP contribution in [0.1, 0.15) is 40.4 Å². The van der Waals surface area contributed by atoms with Crippen molar-refractivity contribution in [2.24, 2.45) is 0 Å². The van der Waals surface area contributed by atoms with E-state index in [2.05, 4.69) is 17.1 Å². The molecule has 0 atom stereocenters. The number of carbonyl (C=O) groups excluding carboxylic acids is 2. The van der Waals surface area contributed by atoms with Gasteiger partial charge in [0.05, 0.1) is 17.8 Å². The molecule has 0 fully saturated rings. The number of esters is 1. The van der Waals surface area contributed by atoms with Gasteiger partial charge in [0.1, 0.15) is 6.61 Å². The Kier molecular flexibility index (Phi) is 6.67. The number of aryl methyl sites for hydroxylation is 4. The molecule has 3 rings (SSSR count). The average Bonchev–Trinajstić information content (AvgIpc) is 3.13. The van der Waals surface area contributed by atoms with Gasteiger partial charge in [-0.3, -0.25) is 14.5 Å². The lowest BCUT2D eigenvalue weighted by Gasteiger charge is -2.23. The highest BCUT2D eigenvalue weighted by Crippen LogP contribution is 2.34. The molecule has 0 saturated heterocycles. The van der Waals surface area contributed by atoms with Crippen LogP contribution in [0.2, 0.25) is 0 Å². The van der Waals surface area contributed by atoms with Crippen molar-refractivity contribution in [1.82, 2.24) is 4.98 Å².